The molecule has 1 saturated carbocycles. The van der Waals surface area contributed by atoms with Crippen molar-refractivity contribution in [1.82, 2.24) is 9.62 Å². The fourth-order valence-corrected chi connectivity index (χ4v) is 4.98. The molecule has 1 aliphatic carbocycles. The molecule has 2 aliphatic rings. The van der Waals surface area contributed by atoms with E-state index in [1.165, 1.54) is 0 Å². The van der Waals surface area contributed by atoms with Gasteiger partial charge in [-0.05, 0) is 43.9 Å². The maximum Gasteiger partial charge on any atom is 0.416 e. The fourth-order valence-electron chi connectivity index (χ4n) is 2.82. The number of hydrogen-bond donors (Lipinski definition) is 1. The number of alkyl halides is 3. The molecule has 10 heteroatoms. The summed E-state index contributed by atoms with van der Waals surface area (Å²) in [6.45, 7) is 0.0671. The van der Waals surface area contributed by atoms with Crippen LogP contribution in [0, 0.1) is 0 Å². The van der Waals surface area contributed by atoms with Gasteiger partial charge >= 0.3 is 6.18 Å². The van der Waals surface area contributed by atoms with Gasteiger partial charge in [0.25, 0.3) is 0 Å². The van der Waals surface area contributed by atoms with Crippen LogP contribution in [0.2, 0.25) is 5.02 Å². The molecule has 2 fully saturated rings. The standard InChI is InChI=1S/C15H16ClF3N2O3S/c16-11-6-3-9(15(17,18)19)8-13(11)25(23,24)21-7-1-2-12(21)14(22)20-10-4-5-10/h3,6,8,10,12H,1-2,4-5,7H2,(H,20,22). The first-order valence-electron chi connectivity index (χ1n) is 7.79. The van der Waals surface area contributed by atoms with E-state index in [1.54, 1.807) is 0 Å². The van der Waals surface area contributed by atoms with Crippen LogP contribution in [0.3, 0.4) is 0 Å². The quantitative estimate of drug-likeness (QED) is 0.851. The molecule has 5 nitrogen and oxygen atoms in total. The number of rotatable bonds is 4. The van der Waals surface area contributed by atoms with Crippen LogP contribution in [0.4, 0.5) is 13.2 Å². The fraction of sp³-hybridized carbons (Fsp3) is 0.533. The Labute approximate surface area is 148 Å². The van der Waals surface area contributed by atoms with Gasteiger partial charge in [-0.25, -0.2) is 8.42 Å². The van der Waals surface area contributed by atoms with Crippen LogP contribution in [-0.2, 0) is 21.0 Å². The SMILES string of the molecule is O=C(NC1CC1)C1CCCN1S(=O)(=O)c1cc(C(F)(F)F)ccc1Cl. The van der Waals surface area contributed by atoms with Crippen molar-refractivity contribution in [2.45, 2.75) is 48.8 Å². The van der Waals surface area contributed by atoms with Crippen molar-refractivity contribution < 1.29 is 26.4 Å². The van der Waals surface area contributed by atoms with E-state index in [2.05, 4.69) is 5.32 Å². The van der Waals surface area contributed by atoms with Crippen molar-refractivity contribution in [3.05, 3.63) is 28.8 Å². The maximum atomic E-state index is 12.9. The average molecular weight is 397 g/mol. The molecule has 0 spiro atoms. The van der Waals surface area contributed by atoms with E-state index in [-0.39, 0.29) is 17.6 Å². The Kier molecular flexibility index (Phi) is 4.76. The van der Waals surface area contributed by atoms with Crippen molar-refractivity contribution >= 4 is 27.5 Å². The zero-order valence-electron chi connectivity index (χ0n) is 13.0. The molecule has 1 saturated heterocycles. The van der Waals surface area contributed by atoms with Crippen LogP contribution in [0.15, 0.2) is 23.1 Å². The molecule has 138 valence electrons. The number of halogens is 4. The zero-order valence-corrected chi connectivity index (χ0v) is 14.6. The molecular formula is C15H16ClF3N2O3S. The van der Waals surface area contributed by atoms with E-state index in [0.717, 1.165) is 29.3 Å². The largest absolute Gasteiger partial charge is 0.416 e. The molecule has 0 radical (unpaired) electrons. The third-order valence-electron chi connectivity index (χ3n) is 4.28. The number of sulfonamides is 1. The Morgan fingerprint density at radius 3 is 2.52 bits per heavy atom. The van der Waals surface area contributed by atoms with Gasteiger partial charge in [-0.2, -0.15) is 17.5 Å². The smallest absolute Gasteiger partial charge is 0.352 e. The minimum atomic E-state index is -4.69. The van der Waals surface area contributed by atoms with Crippen LogP contribution in [0.25, 0.3) is 0 Å². The predicted molar refractivity (Wildman–Crippen MR) is 84.5 cm³/mol. The van der Waals surface area contributed by atoms with Crippen LogP contribution in [-0.4, -0.2) is 37.3 Å². The van der Waals surface area contributed by atoms with Crippen LogP contribution in [0.1, 0.15) is 31.2 Å². The van der Waals surface area contributed by atoms with Crippen molar-refractivity contribution in [3.8, 4) is 0 Å². The summed E-state index contributed by atoms with van der Waals surface area (Å²) in [5, 5.41) is 2.44. The highest BCUT2D eigenvalue weighted by molar-refractivity contribution is 7.89. The number of carbonyl (C=O) groups excluding carboxylic acids is 1. The second-order valence-corrected chi connectivity index (χ2v) is 8.47. The van der Waals surface area contributed by atoms with Gasteiger partial charge < -0.3 is 5.32 Å². The molecule has 0 bridgehead atoms. The van der Waals surface area contributed by atoms with E-state index in [4.69, 9.17) is 11.6 Å². The highest BCUT2D eigenvalue weighted by atomic mass is 35.5. The Hall–Kier alpha value is -1.32. The first kappa shape index (κ1) is 18.5. The van der Waals surface area contributed by atoms with Gasteiger partial charge in [-0.3, -0.25) is 4.79 Å². The topological polar surface area (TPSA) is 66.5 Å². The Bertz CT molecular complexity index is 794. The number of nitrogens with zero attached hydrogens (tertiary/aromatic N) is 1. The lowest BCUT2D eigenvalue weighted by molar-refractivity contribution is -0.137. The molecule has 1 atom stereocenters. The lowest BCUT2D eigenvalue weighted by Gasteiger charge is -2.24. The van der Waals surface area contributed by atoms with Gasteiger partial charge in [-0.15, -0.1) is 0 Å². The third kappa shape index (κ3) is 3.78. The van der Waals surface area contributed by atoms with Crippen LogP contribution >= 0.6 is 11.6 Å². The van der Waals surface area contributed by atoms with Gasteiger partial charge in [0, 0.05) is 12.6 Å². The number of nitrogens with one attached hydrogen (secondary N) is 1. The Morgan fingerprint density at radius 1 is 1.24 bits per heavy atom. The molecule has 1 heterocycles. The van der Waals surface area contributed by atoms with Crippen molar-refractivity contribution in [1.29, 1.82) is 0 Å². The summed E-state index contributed by atoms with van der Waals surface area (Å²) in [4.78, 5) is 11.6. The number of hydrogen-bond acceptors (Lipinski definition) is 3. The van der Waals surface area contributed by atoms with Gasteiger partial charge in [-0.1, -0.05) is 11.6 Å². The van der Waals surface area contributed by atoms with E-state index < -0.39 is 38.6 Å². The molecule has 1 unspecified atom stereocenters. The molecule has 1 N–H and O–H groups in total. The maximum absolute atomic E-state index is 12.9. The van der Waals surface area contributed by atoms with E-state index in [0.29, 0.717) is 18.9 Å². The van der Waals surface area contributed by atoms with Gasteiger partial charge in [0.2, 0.25) is 15.9 Å². The lowest BCUT2D eigenvalue weighted by Crippen LogP contribution is -2.46. The monoisotopic (exact) mass is 396 g/mol. The van der Waals surface area contributed by atoms with Crippen molar-refractivity contribution in [2.24, 2.45) is 0 Å². The molecule has 1 aromatic rings. The normalized spacial score (nSPS) is 22.2. The van der Waals surface area contributed by atoms with Crippen molar-refractivity contribution in [2.75, 3.05) is 6.54 Å². The molecule has 0 aromatic heterocycles. The molecule has 3 rings (SSSR count). The summed E-state index contributed by atoms with van der Waals surface area (Å²) in [5.74, 6) is -0.410. The highest BCUT2D eigenvalue weighted by Crippen LogP contribution is 2.36. The molecule has 1 aliphatic heterocycles. The van der Waals surface area contributed by atoms with Crippen molar-refractivity contribution in [3.63, 3.8) is 0 Å². The minimum absolute atomic E-state index is 0.0646. The summed E-state index contributed by atoms with van der Waals surface area (Å²) < 4.78 is 65.4. The predicted octanol–water partition coefficient (Wildman–Crippen LogP) is 2.79. The highest BCUT2D eigenvalue weighted by Gasteiger charge is 2.42. The van der Waals surface area contributed by atoms with Gasteiger partial charge in [0.05, 0.1) is 10.6 Å². The number of benzene rings is 1. The molecular weight excluding hydrogens is 381 g/mol. The summed E-state index contributed by atoms with van der Waals surface area (Å²) in [7, 11) is -4.32. The summed E-state index contributed by atoms with van der Waals surface area (Å²) in [6, 6.07) is 1.30. The van der Waals surface area contributed by atoms with Crippen LogP contribution < -0.4 is 5.32 Å². The Balaban J connectivity index is 1.93. The first-order chi connectivity index (χ1) is 11.6. The zero-order chi connectivity index (χ0) is 18.4. The number of carbonyl (C=O) groups is 1. The van der Waals surface area contributed by atoms with Crippen LogP contribution in [0.5, 0.6) is 0 Å². The second kappa shape index (κ2) is 6.44. The number of amides is 1. The lowest BCUT2D eigenvalue weighted by atomic mass is 10.2. The Morgan fingerprint density at radius 2 is 1.92 bits per heavy atom. The summed E-state index contributed by atoms with van der Waals surface area (Å²) >= 11 is 5.86. The third-order valence-corrected chi connectivity index (χ3v) is 6.66. The van der Waals surface area contributed by atoms with E-state index >= 15 is 0 Å². The van der Waals surface area contributed by atoms with E-state index in [1.807, 2.05) is 0 Å². The van der Waals surface area contributed by atoms with Gasteiger partial charge in [0.1, 0.15) is 10.9 Å². The van der Waals surface area contributed by atoms with Gasteiger partial charge in [0.15, 0.2) is 0 Å². The summed E-state index contributed by atoms with van der Waals surface area (Å²) in [6.07, 6.45) is -2.20. The first-order valence-corrected chi connectivity index (χ1v) is 9.61. The molecule has 1 aromatic carbocycles. The molecule has 1 amide bonds. The van der Waals surface area contributed by atoms with E-state index in [9.17, 15) is 26.4 Å². The minimum Gasteiger partial charge on any atom is -0.352 e. The summed E-state index contributed by atoms with van der Waals surface area (Å²) in [5.41, 5.74) is -1.10. The average Bonchev–Trinajstić information content (AvgIpc) is 3.17. The second-order valence-electron chi connectivity index (χ2n) is 6.20. The molecule has 25 heavy (non-hydrogen) atoms.